The first kappa shape index (κ1) is 20.7. The second-order valence-electron chi connectivity index (χ2n) is 8.80. The van der Waals surface area contributed by atoms with Gasteiger partial charge in [-0.15, -0.1) is 0 Å². The number of allylic oxidation sites excluding steroid dienone is 1. The molecule has 2 aromatic carbocycles. The summed E-state index contributed by atoms with van der Waals surface area (Å²) in [5.74, 6) is 1.46. The van der Waals surface area contributed by atoms with Crippen LogP contribution in [-0.4, -0.2) is 37.6 Å². The number of carbonyl (C=O) groups excluding carboxylic acids is 1. The summed E-state index contributed by atoms with van der Waals surface area (Å²) in [6.45, 7) is 7.14. The van der Waals surface area contributed by atoms with Gasteiger partial charge in [0, 0.05) is 17.9 Å². The van der Waals surface area contributed by atoms with E-state index in [9.17, 15) is 4.79 Å². The van der Waals surface area contributed by atoms with Crippen LogP contribution in [0.15, 0.2) is 48.2 Å². The van der Waals surface area contributed by atoms with Gasteiger partial charge in [0.05, 0.1) is 12.7 Å². The Morgan fingerprint density at radius 2 is 1.93 bits per heavy atom. The summed E-state index contributed by atoms with van der Waals surface area (Å²) in [6.07, 6.45) is 4.87. The SMILES string of the molecule is COc1ccc(C23CC=C(OC(=O)c4cccc(C)c4C)CC2N(C)CC3)cc1C. The maximum atomic E-state index is 12.8. The van der Waals surface area contributed by atoms with Crippen LogP contribution < -0.4 is 4.74 Å². The molecule has 2 aliphatic rings. The third-order valence-electron chi connectivity index (χ3n) is 7.19. The molecule has 0 amide bonds. The quantitative estimate of drug-likeness (QED) is 0.664. The van der Waals surface area contributed by atoms with Crippen molar-refractivity contribution in [3.8, 4) is 5.75 Å². The van der Waals surface area contributed by atoms with Crippen molar-refractivity contribution in [2.75, 3.05) is 20.7 Å². The normalized spacial score (nSPS) is 23.6. The third kappa shape index (κ3) is 3.43. The fourth-order valence-corrected chi connectivity index (χ4v) is 5.15. The van der Waals surface area contributed by atoms with Crippen LogP contribution in [0.25, 0.3) is 0 Å². The number of aryl methyl sites for hydroxylation is 2. The van der Waals surface area contributed by atoms with Gasteiger partial charge in [0.15, 0.2) is 0 Å². The van der Waals surface area contributed by atoms with Crippen molar-refractivity contribution in [3.63, 3.8) is 0 Å². The number of rotatable bonds is 4. The van der Waals surface area contributed by atoms with Crippen LogP contribution in [0.3, 0.4) is 0 Å². The predicted molar refractivity (Wildman–Crippen MR) is 119 cm³/mol. The molecule has 0 spiro atoms. The maximum absolute atomic E-state index is 12.8. The highest BCUT2D eigenvalue weighted by molar-refractivity contribution is 5.92. The van der Waals surface area contributed by atoms with Crippen molar-refractivity contribution in [1.82, 2.24) is 4.90 Å². The lowest BCUT2D eigenvalue weighted by atomic mass is 9.68. The zero-order valence-corrected chi connectivity index (χ0v) is 18.6. The number of esters is 1. The molecule has 1 heterocycles. The fraction of sp³-hybridized carbons (Fsp3) is 0.423. The average molecular weight is 406 g/mol. The molecule has 2 aromatic rings. The van der Waals surface area contributed by atoms with E-state index < -0.39 is 0 Å². The van der Waals surface area contributed by atoms with Gasteiger partial charge in [-0.3, -0.25) is 0 Å². The first-order valence-electron chi connectivity index (χ1n) is 10.7. The van der Waals surface area contributed by atoms with E-state index in [-0.39, 0.29) is 11.4 Å². The Morgan fingerprint density at radius 3 is 2.67 bits per heavy atom. The maximum Gasteiger partial charge on any atom is 0.343 e. The number of benzene rings is 2. The Labute approximate surface area is 179 Å². The Kier molecular flexibility index (Phi) is 5.46. The Morgan fingerprint density at radius 1 is 1.13 bits per heavy atom. The largest absolute Gasteiger partial charge is 0.496 e. The minimum atomic E-state index is -0.254. The second-order valence-corrected chi connectivity index (χ2v) is 8.80. The molecule has 2 unspecified atom stereocenters. The van der Waals surface area contributed by atoms with Crippen molar-refractivity contribution in [1.29, 1.82) is 0 Å². The number of hydrogen-bond acceptors (Lipinski definition) is 4. The van der Waals surface area contributed by atoms with Gasteiger partial charge in [-0.1, -0.05) is 24.3 Å². The van der Waals surface area contributed by atoms with Gasteiger partial charge in [0.2, 0.25) is 0 Å². The van der Waals surface area contributed by atoms with Crippen LogP contribution in [0.5, 0.6) is 5.75 Å². The molecule has 4 nitrogen and oxygen atoms in total. The molecule has 4 heteroatoms. The summed E-state index contributed by atoms with van der Waals surface area (Å²) in [5, 5.41) is 0. The molecule has 0 bridgehead atoms. The number of likely N-dealkylation sites (tertiary alicyclic amines) is 1. The standard InChI is InChI=1S/C26H31NO3/c1-17-7-6-8-22(19(17)3)25(28)30-21-11-12-26(13-14-27(4)24(26)16-21)20-9-10-23(29-5)18(2)15-20/h6-11,15,24H,12-14,16H2,1-5H3. The van der Waals surface area contributed by atoms with Gasteiger partial charge in [-0.05, 0) is 87.7 Å². The summed E-state index contributed by atoms with van der Waals surface area (Å²) in [4.78, 5) is 15.2. The number of ether oxygens (including phenoxy) is 2. The average Bonchev–Trinajstić information content (AvgIpc) is 3.07. The molecule has 0 saturated carbocycles. The van der Waals surface area contributed by atoms with Crippen LogP contribution in [0.4, 0.5) is 0 Å². The smallest absolute Gasteiger partial charge is 0.343 e. The summed E-state index contributed by atoms with van der Waals surface area (Å²) >= 11 is 0. The first-order chi connectivity index (χ1) is 14.4. The number of hydrogen-bond donors (Lipinski definition) is 0. The molecular weight excluding hydrogens is 374 g/mol. The molecule has 0 radical (unpaired) electrons. The van der Waals surface area contributed by atoms with E-state index in [1.54, 1.807) is 7.11 Å². The second kappa shape index (κ2) is 7.92. The highest BCUT2D eigenvalue weighted by Crippen LogP contribution is 2.48. The molecule has 2 atom stereocenters. The topological polar surface area (TPSA) is 38.8 Å². The van der Waals surface area contributed by atoms with Gasteiger partial charge in [0.1, 0.15) is 11.5 Å². The van der Waals surface area contributed by atoms with Crippen molar-refractivity contribution in [2.45, 2.75) is 51.5 Å². The Balaban J connectivity index is 1.60. The number of nitrogens with zero attached hydrogens (tertiary/aromatic N) is 1. The van der Waals surface area contributed by atoms with Crippen LogP contribution in [0.1, 0.15) is 51.9 Å². The van der Waals surface area contributed by atoms with Crippen molar-refractivity contribution in [2.24, 2.45) is 0 Å². The van der Waals surface area contributed by atoms with E-state index in [4.69, 9.17) is 9.47 Å². The Hall–Kier alpha value is -2.59. The van der Waals surface area contributed by atoms with Crippen molar-refractivity contribution >= 4 is 5.97 Å². The van der Waals surface area contributed by atoms with Crippen LogP contribution in [0.2, 0.25) is 0 Å². The molecule has 4 rings (SSSR count). The molecule has 1 aliphatic carbocycles. The van der Waals surface area contributed by atoms with Crippen LogP contribution in [0, 0.1) is 20.8 Å². The van der Waals surface area contributed by atoms with E-state index in [1.807, 2.05) is 32.0 Å². The van der Waals surface area contributed by atoms with E-state index in [0.717, 1.165) is 54.0 Å². The summed E-state index contributed by atoms with van der Waals surface area (Å²) in [6, 6.07) is 12.6. The minimum Gasteiger partial charge on any atom is -0.496 e. The lowest BCUT2D eigenvalue weighted by Gasteiger charge is -2.41. The number of carbonyl (C=O) groups is 1. The van der Waals surface area contributed by atoms with Crippen molar-refractivity contribution < 1.29 is 14.3 Å². The minimum absolute atomic E-state index is 0.0565. The molecule has 1 saturated heterocycles. The fourth-order valence-electron chi connectivity index (χ4n) is 5.15. The van der Waals surface area contributed by atoms with Crippen LogP contribution in [-0.2, 0) is 10.2 Å². The third-order valence-corrected chi connectivity index (χ3v) is 7.19. The summed E-state index contributed by atoms with van der Waals surface area (Å²) < 4.78 is 11.3. The van der Waals surface area contributed by atoms with Gasteiger partial charge in [-0.2, -0.15) is 0 Å². The first-order valence-corrected chi connectivity index (χ1v) is 10.7. The monoisotopic (exact) mass is 405 g/mol. The summed E-state index contributed by atoms with van der Waals surface area (Å²) in [7, 11) is 3.89. The van der Waals surface area contributed by atoms with Crippen molar-refractivity contribution in [3.05, 3.63) is 76.1 Å². The van der Waals surface area contributed by atoms with Gasteiger partial charge < -0.3 is 14.4 Å². The molecule has 1 aliphatic heterocycles. The highest BCUT2D eigenvalue weighted by Gasteiger charge is 2.49. The molecular formula is C26H31NO3. The lowest BCUT2D eigenvalue weighted by molar-refractivity contribution is 0.0579. The lowest BCUT2D eigenvalue weighted by Crippen LogP contribution is -2.43. The molecule has 30 heavy (non-hydrogen) atoms. The Bertz CT molecular complexity index is 1010. The van der Waals surface area contributed by atoms with Gasteiger partial charge in [-0.25, -0.2) is 4.79 Å². The van der Waals surface area contributed by atoms with E-state index in [1.165, 1.54) is 5.56 Å². The zero-order chi connectivity index (χ0) is 21.5. The number of likely N-dealkylation sites (N-methyl/N-ethyl adjacent to an activating group) is 1. The molecule has 0 N–H and O–H groups in total. The highest BCUT2D eigenvalue weighted by atomic mass is 16.5. The van der Waals surface area contributed by atoms with E-state index in [0.29, 0.717) is 11.6 Å². The van der Waals surface area contributed by atoms with E-state index >= 15 is 0 Å². The molecule has 1 fully saturated rings. The van der Waals surface area contributed by atoms with Gasteiger partial charge in [0.25, 0.3) is 0 Å². The zero-order valence-electron chi connectivity index (χ0n) is 18.6. The van der Waals surface area contributed by atoms with E-state index in [2.05, 4.69) is 43.1 Å². The number of methoxy groups -OCH3 is 1. The number of fused-ring (bicyclic) bond motifs is 1. The van der Waals surface area contributed by atoms with Crippen LogP contribution >= 0.6 is 0 Å². The van der Waals surface area contributed by atoms with Gasteiger partial charge >= 0.3 is 5.97 Å². The molecule has 0 aromatic heterocycles. The summed E-state index contributed by atoms with van der Waals surface area (Å²) in [5.41, 5.74) is 5.31. The molecule has 158 valence electrons. The predicted octanol–water partition coefficient (Wildman–Crippen LogP) is 5.10.